The average Bonchev–Trinajstić information content (AvgIpc) is 3.09. The Bertz CT molecular complexity index is 873. The molecule has 7 nitrogen and oxygen atoms in total. The Morgan fingerprint density at radius 2 is 1.96 bits per heavy atom. The molecule has 0 radical (unpaired) electrons. The molecule has 1 aliphatic heterocycles. The molecule has 0 atom stereocenters. The molecule has 10 heteroatoms. The number of hydrogen-bond acceptors (Lipinski definition) is 6. The van der Waals surface area contributed by atoms with Crippen LogP contribution >= 0.6 is 11.8 Å². The van der Waals surface area contributed by atoms with Crippen LogP contribution in [0, 0.1) is 0 Å². The van der Waals surface area contributed by atoms with Crippen molar-refractivity contribution in [3.05, 3.63) is 29.6 Å². The van der Waals surface area contributed by atoms with Crippen LogP contribution in [0.1, 0.15) is 32.0 Å². The van der Waals surface area contributed by atoms with E-state index in [-0.39, 0.29) is 40.3 Å². The number of pyridine rings is 1. The first-order chi connectivity index (χ1) is 11.1. The van der Waals surface area contributed by atoms with Crippen molar-refractivity contribution in [3.63, 3.8) is 0 Å². The summed E-state index contributed by atoms with van der Waals surface area (Å²) >= 11 is 1.66. The predicted molar refractivity (Wildman–Crippen MR) is 90.5 cm³/mol. The second-order valence-corrected chi connectivity index (χ2v) is 9.59. The van der Waals surface area contributed by atoms with Crippen LogP contribution in [0.25, 0.3) is 5.82 Å². The van der Waals surface area contributed by atoms with Crippen LogP contribution in [0.4, 0.5) is 0 Å². The molecule has 0 aliphatic carbocycles. The standard InChI is InChI=1S/C15H20N4O3S2.Na/c1-15(2,3)18(4)24(21,22)10-5-6-13(16-7-10)19-14(20)11-8-23-9-12(11)17-19;/h5-7,20H,8-9H2,1-4H3;/q;+1/p-1. The second kappa shape index (κ2) is 7.21. The first-order valence-corrected chi connectivity index (χ1v) is 10.0. The summed E-state index contributed by atoms with van der Waals surface area (Å²) < 4.78 is 27.8. The van der Waals surface area contributed by atoms with E-state index in [9.17, 15) is 13.5 Å². The fraction of sp³-hybridized carbons (Fsp3) is 0.467. The van der Waals surface area contributed by atoms with E-state index in [2.05, 4.69) is 10.1 Å². The Hall–Kier alpha value is -0.580. The SMILES string of the molecule is CN(C(C)(C)C)S(=O)(=O)c1ccc(-n2nc3c(c2[O-])CSC3)nc1.[Na+]. The molecule has 0 amide bonds. The molecule has 25 heavy (non-hydrogen) atoms. The molecule has 2 aromatic rings. The van der Waals surface area contributed by atoms with E-state index in [1.54, 1.807) is 11.8 Å². The molecule has 0 fully saturated rings. The van der Waals surface area contributed by atoms with Crippen LogP contribution in [0.3, 0.4) is 0 Å². The Morgan fingerprint density at radius 1 is 1.28 bits per heavy atom. The number of thioether (sulfide) groups is 1. The van der Waals surface area contributed by atoms with Gasteiger partial charge in [0, 0.05) is 30.3 Å². The maximum atomic E-state index is 12.6. The molecule has 3 rings (SSSR count). The van der Waals surface area contributed by atoms with Crippen molar-refractivity contribution in [2.24, 2.45) is 0 Å². The van der Waals surface area contributed by atoms with Crippen LogP contribution in [-0.4, -0.2) is 40.1 Å². The van der Waals surface area contributed by atoms with E-state index in [1.165, 1.54) is 34.4 Å². The number of nitrogens with zero attached hydrogens (tertiary/aromatic N) is 4. The van der Waals surface area contributed by atoms with Gasteiger partial charge in [0.1, 0.15) is 4.90 Å². The summed E-state index contributed by atoms with van der Waals surface area (Å²) in [4.78, 5) is 4.23. The van der Waals surface area contributed by atoms with Gasteiger partial charge in [-0.3, -0.25) is 0 Å². The van der Waals surface area contributed by atoms with Gasteiger partial charge in [0.15, 0.2) is 5.82 Å². The third-order valence-corrected chi connectivity index (χ3v) is 7.12. The molecule has 0 N–H and O–H groups in total. The first-order valence-electron chi connectivity index (χ1n) is 7.43. The second-order valence-electron chi connectivity index (χ2n) is 6.63. The minimum Gasteiger partial charge on any atom is -0.858 e. The van der Waals surface area contributed by atoms with E-state index < -0.39 is 15.6 Å². The summed E-state index contributed by atoms with van der Waals surface area (Å²) in [5.41, 5.74) is 0.960. The Morgan fingerprint density at radius 3 is 2.48 bits per heavy atom. The molecule has 0 spiro atoms. The van der Waals surface area contributed by atoms with Crippen molar-refractivity contribution < 1.29 is 43.1 Å². The number of hydrogen-bond donors (Lipinski definition) is 0. The van der Waals surface area contributed by atoms with Gasteiger partial charge in [-0.25, -0.2) is 18.1 Å². The number of aromatic nitrogens is 3. The van der Waals surface area contributed by atoms with Gasteiger partial charge < -0.3 is 5.11 Å². The van der Waals surface area contributed by atoms with Crippen LogP contribution < -0.4 is 34.7 Å². The summed E-state index contributed by atoms with van der Waals surface area (Å²) in [7, 11) is -2.11. The molecule has 3 heterocycles. The molecule has 0 saturated heterocycles. The zero-order chi connectivity index (χ0) is 17.7. The summed E-state index contributed by atoms with van der Waals surface area (Å²) in [6, 6.07) is 2.97. The Kier molecular flexibility index (Phi) is 5.97. The first kappa shape index (κ1) is 20.7. The van der Waals surface area contributed by atoms with Crippen LogP contribution in [0.15, 0.2) is 23.2 Å². The normalized spacial score (nSPS) is 14.4. The summed E-state index contributed by atoms with van der Waals surface area (Å²) in [6.07, 6.45) is 1.27. The number of rotatable bonds is 3. The predicted octanol–water partition coefficient (Wildman–Crippen LogP) is -1.49. The Balaban J connectivity index is 0.00000225. The molecule has 0 unspecified atom stereocenters. The van der Waals surface area contributed by atoms with Gasteiger partial charge in [-0.1, -0.05) is 0 Å². The van der Waals surface area contributed by atoms with Gasteiger partial charge in [-0.2, -0.15) is 21.2 Å². The minimum atomic E-state index is -3.64. The monoisotopic (exact) mass is 390 g/mol. The summed E-state index contributed by atoms with van der Waals surface area (Å²) in [5, 5.41) is 16.6. The maximum absolute atomic E-state index is 12.6. The van der Waals surface area contributed by atoms with Crippen molar-refractivity contribution in [2.75, 3.05) is 7.05 Å². The number of sulfonamides is 1. The van der Waals surface area contributed by atoms with E-state index in [4.69, 9.17) is 0 Å². The van der Waals surface area contributed by atoms with Crippen molar-refractivity contribution in [3.8, 4) is 11.7 Å². The fourth-order valence-corrected chi connectivity index (χ4v) is 4.80. The third kappa shape index (κ3) is 3.77. The topological polar surface area (TPSA) is 91.2 Å². The molecule has 0 bridgehead atoms. The number of fused-ring (bicyclic) bond motifs is 1. The zero-order valence-electron chi connectivity index (χ0n) is 15.0. The molecular weight excluding hydrogens is 371 g/mol. The largest absolute Gasteiger partial charge is 1.00 e. The van der Waals surface area contributed by atoms with Crippen LogP contribution in [0.5, 0.6) is 5.88 Å². The smallest absolute Gasteiger partial charge is 0.858 e. The van der Waals surface area contributed by atoms with Crippen molar-refractivity contribution in [2.45, 2.75) is 42.7 Å². The third-order valence-electron chi connectivity index (χ3n) is 4.05. The molecule has 130 valence electrons. The molecule has 1 aliphatic rings. The van der Waals surface area contributed by atoms with Gasteiger partial charge in [-0.05, 0) is 44.3 Å². The van der Waals surface area contributed by atoms with E-state index in [1.807, 2.05) is 20.8 Å². The summed E-state index contributed by atoms with van der Waals surface area (Å²) in [6.45, 7) is 5.46. The van der Waals surface area contributed by atoms with Gasteiger partial charge in [-0.15, -0.1) is 0 Å². The summed E-state index contributed by atoms with van der Waals surface area (Å²) in [5.74, 6) is 1.54. The van der Waals surface area contributed by atoms with Gasteiger partial charge in [0.05, 0.1) is 5.69 Å². The maximum Gasteiger partial charge on any atom is 1.00 e. The zero-order valence-corrected chi connectivity index (χ0v) is 18.6. The van der Waals surface area contributed by atoms with E-state index >= 15 is 0 Å². The van der Waals surface area contributed by atoms with Crippen LogP contribution in [0.2, 0.25) is 0 Å². The Labute approximate surface area is 174 Å². The van der Waals surface area contributed by atoms with Gasteiger partial charge >= 0.3 is 29.6 Å². The quantitative estimate of drug-likeness (QED) is 0.593. The average molecular weight is 390 g/mol. The van der Waals surface area contributed by atoms with Gasteiger partial charge in [0.2, 0.25) is 10.0 Å². The fourth-order valence-electron chi connectivity index (χ4n) is 2.31. The molecule has 2 aromatic heterocycles. The molecule has 0 aromatic carbocycles. The molecular formula is C15H19N4NaO3S2. The van der Waals surface area contributed by atoms with Crippen molar-refractivity contribution in [1.29, 1.82) is 0 Å². The minimum absolute atomic E-state index is 0. The van der Waals surface area contributed by atoms with E-state index in [0.29, 0.717) is 17.1 Å². The van der Waals surface area contributed by atoms with Crippen LogP contribution in [-0.2, 0) is 21.5 Å². The molecule has 0 saturated carbocycles. The van der Waals surface area contributed by atoms with Crippen molar-refractivity contribution in [1.82, 2.24) is 19.1 Å². The van der Waals surface area contributed by atoms with Gasteiger partial charge in [0.25, 0.3) is 0 Å². The van der Waals surface area contributed by atoms with E-state index in [0.717, 1.165) is 11.4 Å². The van der Waals surface area contributed by atoms with Crippen molar-refractivity contribution >= 4 is 21.8 Å².